The molecule has 1 saturated heterocycles. The van der Waals surface area contributed by atoms with Crippen molar-refractivity contribution in [2.45, 2.75) is 19.9 Å². The molecular weight excluding hydrogens is 254 g/mol. The first-order valence-corrected chi connectivity index (χ1v) is 6.92. The Bertz CT molecular complexity index is 635. The van der Waals surface area contributed by atoms with Crippen molar-refractivity contribution in [1.29, 1.82) is 0 Å². The van der Waals surface area contributed by atoms with Gasteiger partial charge in [0.15, 0.2) is 0 Å². The van der Waals surface area contributed by atoms with Gasteiger partial charge in [0.2, 0.25) is 0 Å². The Morgan fingerprint density at radius 2 is 2.30 bits per heavy atom. The van der Waals surface area contributed by atoms with E-state index in [1.54, 1.807) is 0 Å². The molecule has 1 fully saturated rings. The molecule has 5 heteroatoms. The van der Waals surface area contributed by atoms with Gasteiger partial charge < -0.3 is 4.42 Å². The number of nitrogens with zero attached hydrogens (tertiary/aromatic N) is 1. The molecule has 1 aromatic heterocycles. The summed E-state index contributed by atoms with van der Waals surface area (Å²) in [5.41, 5.74) is 3.50. The molecule has 3 rings (SSSR count). The van der Waals surface area contributed by atoms with Crippen molar-refractivity contribution in [2.75, 3.05) is 13.1 Å². The molecule has 106 valence electrons. The molecule has 5 nitrogen and oxygen atoms in total. The fourth-order valence-electron chi connectivity index (χ4n) is 2.90. The molecular formula is C15H19N3O2. The van der Waals surface area contributed by atoms with Gasteiger partial charge in [-0.05, 0) is 24.9 Å². The van der Waals surface area contributed by atoms with Crippen molar-refractivity contribution in [1.82, 2.24) is 10.3 Å². The zero-order chi connectivity index (χ0) is 14.1. The molecule has 1 atom stereocenters. The average molecular weight is 273 g/mol. The number of nitrogens with one attached hydrogen (secondary N) is 1. The van der Waals surface area contributed by atoms with Crippen molar-refractivity contribution in [3.8, 4) is 0 Å². The highest BCUT2D eigenvalue weighted by Crippen LogP contribution is 2.28. The first-order chi connectivity index (χ1) is 9.69. The van der Waals surface area contributed by atoms with E-state index in [0.717, 1.165) is 24.1 Å². The Hall–Kier alpha value is -1.85. The summed E-state index contributed by atoms with van der Waals surface area (Å²) in [4.78, 5) is 14.3. The highest BCUT2D eigenvalue weighted by molar-refractivity contribution is 6.07. The number of benzene rings is 1. The maximum absolute atomic E-state index is 12.0. The number of para-hydroxylation sites is 1. The third-order valence-electron chi connectivity index (χ3n) is 3.90. The second-order valence-electron chi connectivity index (χ2n) is 5.50. The minimum atomic E-state index is -0.294. The van der Waals surface area contributed by atoms with E-state index < -0.39 is 0 Å². The van der Waals surface area contributed by atoms with Crippen LogP contribution in [0.4, 0.5) is 0 Å². The lowest BCUT2D eigenvalue weighted by Crippen LogP contribution is -2.31. The van der Waals surface area contributed by atoms with Crippen LogP contribution in [0.5, 0.6) is 0 Å². The van der Waals surface area contributed by atoms with E-state index in [1.165, 1.54) is 6.42 Å². The monoisotopic (exact) mass is 273 g/mol. The fraction of sp³-hybridized carbons (Fsp3) is 0.400. The molecule has 0 aliphatic carbocycles. The summed E-state index contributed by atoms with van der Waals surface area (Å²) >= 11 is 0. The number of hydrogen-bond donors (Lipinski definition) is 2. The number of furan rings is 1. The van der Waals surface area contributed by atoms with Crippen LogP contribution in [0.25, 0.3) is 11.0 Å². The number of carbonyl (C=O) groups is 1. The van der Waals surface area contributed by atoms with Crippen LogP contribution in [0.1, 0.15) is 29.5 Å². The smallest absolute Gasteiger partial charge is 0.269 e. The molecule has 1 unspecified atom stereocenters. The van der Waals surface area contributed by atoms with Crippen LogP contribution in [0, 0.1) is 5.92 Å². The van der Waals surface area contributed by atoms with E-state index in [-0.39, 0.29) is 5.91 Å². The molecule has 1 aliphatic heterocycles. The molecule has 1 amide bonds. The first-order valence-electron chi connectivity index (χ1n) is 6.92. The lowest BCUT2D eigenvalue weighted by atomic mass is 10.1. The number of hydrogen-bond acceptors (Lipinski definition) is 4. The van der Waals surface area contributed by atoms with Gasteiger partial charge in [0, 0.05) is 11.9 Å². The molecule has 1 aliphatic rings. The molecule has 2 aromatic rings. The van der Waals surface area contributed by atoms with Gasteiger partial charge in [0.05, 0.1) is 12.1 Å². The quantitative estimate of drug-likeness (QED) is 0.509. The van der Waals surface area contributed by atoms with Crippen molar-refractivity contribution in [3.63, 3.8) is 0 Å². The molecule has 0 spiro atoms. The van der Waals surface area contributed by atoms with Gasteiger partial charge in [0.25, 0.3) is 5.91 Å². The van der Waals surface area contributed by atoms with Crippen molar-refractivity contribution >= 4 is 16.9 Å². The Morgan fingerprint density at radius 3 is 3.00 bits per heavy atom. The van der Waals surface area contributed by atoms with Crippen LogP contribution < -0.4 is 11.3 Å². The first kappa shape index (κ1) is 13.1. The normalized spacial score (nSPS) is 19.6. The maximum Gasteiger partial charge on any atom is 0.269 e. The van der Waals surface area contributed by atoms with Crippen molar-refractivity contribution in [3.05, 3.63) is 35.6 Å². The van der Waals surface area contributed by atoms with Gasteiger partial charge >= 0.3 is 0 Å². The third kappa shape index (κ3) is 2.30. The number of rotatable bonds is 3. The Labute approximate surface area is 117 Å². The summed E-state index contributed by atoms with van der Waals surface area (Å²) in [6, 6.07) is 7.56. The SMILES string of the molecule is CC1CCN(Cc2oc3ccccc3c2C(=O)NN)C1. The number of likely N-dealkylation sites (tertiary alicyclic amines) is 1. The van der Waals surface area contributed by atoms with Gasteiger partial charge in [-0.25, -0.2) is 5.84 Å². The maximum atomic E-state index is 12.0. The zero-order valence-corrected chi connectivity index (χ0v) is 11.6. The Morgan fingerprint density at radius 1 is 1.50 bits per heavy atom. The van der Waals surface area contributed by atoms with Gasteiger partial charge in [0.1, 0.15) is 11.3 Å². The highest BCUT2D eigenvalue weighted by atomic mass is 16.3. The number of nitrogen functional groups attached to an aromatic ring is 1. The van der Waals surface area contributed by atoms with Gasteiger partial charge in [-0.1, -0.05) is 25.1 Å². The number of nitrogens with two attached hydrogens (primary N) is 1. The molecule has 2 heterocycles. The van der Waals surface area contributed by atoms with E-state index in [9.17, 15) is 4.79 Å². The van der Waals surface area contributed by atoms with Crippen LogP contribution in [-0.4, -0.2) is 23.9 Å². The lowest BCUT2D eigenvalue weighted by molar-refractivity contribution is 0.0951. The highest BCUT2D eigenvalue weighted by Gasteiger charge is 2.25. The predicted octanol–water partition coefficient (Wildman–Crippen LogP) is 1.88. The summed E-state index contributed by atoms with van der Waals surface area (Å²) in [5.74, 6) is 6.40. The Kier molecular flexibility index (Phi) is 3.46. The Balaban J connectivity index is 1.98. The molecule has 1 aromatic carbocycles. The number of hydrazine groups is 1. The number of carbonyl (C=O) groups excluding carboxylic acids is 1. The molecule has 0 bridgehead atoms. The summed E-state index contributed by atoms with van der Waals surface area (Å²) in [6.45, 7) is 4.98. The minimum absolute atomic E-state index is 0.294. The predicted molar refractivity (Wildman–Crippen MR) is 76.9 cm³/mol. The van der Waals surface area contributed by atoms with Crippen LogP contribution in [0.2, 0.25) is 0 Å². The van der Waals surface area contributed by atoms with Crippen LogP contribution in [-0.2, 0) is 6.54 Å². The largest absolute Gasteiger partial charge is 0.459 e. The van der Waals surface area contributed by atoms with Gasteiger partial charge in [-0.3, -0.25) is 15.1 Å². The second kappa shape index (κ2) is 5.26. The minimum Gasteiger partial charge on any atom is -0.459 e. The van der Waals surface area contributed by atoms with Crippen LogP contribution >= 0.6 is 0 Å². The molecule has 0 saturated carbocycles. The number of fused-ring (bicyclic) bond motifs is 1. The topological polar surface area (TPSA) is 71.5 Å². The standard InChI is InChI=1S/C15H19N3O2/c1-10-6-7-18(8-10)9-13-14(15(19)17-16)11-4-2-3-5-12(11)20-13/h2-5,10H,6-9,16H2,1H3,(H,17,19). The van der Waals surface area contributed by atoms with Gasteiger partial charge in [-0.2, -0.15) is 0 Å². The summed E-state index contributed by atoms with van der Waals surface area (Å²) in [7, 11) is 0. The van der Waals surface area contributed by atoms with Crippen LogP contribution in [0.15, 0.2) is 28.7 Å². The lowest BCUT2D eigenvalue weighted by Gasteiger charge is -2.14. The number of amides is 1. The summed E-state index contributed by atoms with van der Waals surface area (Å²) in [6.07, 6.45) is 1.19. The molecule has 0 radical (unpaired) electrons. The zero-order valence-electron chi connectivity index (χ0n) is 11.6. The van der Waals surface area contributed by atoms with E-state index in [2.05, 4.69) is 17.2 Å². The van der Waals surface area contributed by atoms with E-state index in [0.29, 0.717) is 23.8 Å². The van der Waals surface area contributed by atoms with Gasteiger partial charge in [-0.15, -0.1) is 0 Å². The summed E-state index contributed by atoms with van der Waals surface area (Å²) in [5, 5.41) is 0.817. The molecule has 20 heavy (non-hydrogen) atoms. The van der Waals surface area contributed by atoms with E-state index in [4.69, 9.17) is 10.3 Å². The third-order valence-corrected chi connectivity index (χ3v) is 3.90. The van der Waals surface area contributed by atoms with Crippen LogP contribution in [0.3, 0.4) is 0 Å². The molecule has 3 N–H and O–H groups in total. The van der Waals surface area contributed by atoms with Crippen molar-refractivity contribution < 1.29 is 9.21 Å². The fourth-order valence-corrected chi connectivity index (χ4v) is 2.90. The van der Waals surface area contributed by atoms with Crippen molar-refractivity contribution in [2.24, 2.45) is 11.8 Å². The van der Waals surface area contributed by atoms with E-state index in [1.807, 2.05) is 24.3 Å². The summed E-state index contributed by atoms with van der Waals surface area (Å²) < 4.78 is 5.86. The average Bonchev–Trinajstić information content (AvgIpc) is 3.01. The second-order valence-corrected chi connectivity index (χ2v) is 5.50. The van der Waals surface area contributed by atoms with E-state index >= 15 is 0 Å².